The molecule has 0 fully saturated rings. The molecule has 0 aromatic carbocycles. The standard InChI is InChI=1S/CHO2.Ca.H2OP/c2-1-3;;1-2/h(H,2,3);;2H2/q-1;+2;-1. The quantitative estimate of drug-likeness (QED) is 0.246. The normalized spacial score (nSPS) is 3.00. The van der Waals surface area contributed by atoms with Gasteiger partial charge in [-0.1, -0.05) is 6.47 Å². The second-order valence-corrected chi connectivity index (χ2v) is 0.0913. The summed E-state index contributed by atoms with van der Waals surface area (Å²) < 4.78 is 0. The number of rotatable bonds is 0. The third kappa shape index (κ3) is 69.3. The molecule has 0 aromatic rings. The Labute approximate surface area is 68.0 Å². The van der Waals surface area contributed by atoms with E-state index in [0.717, 1.165) is 0 Å². The molecule has 1 N–H and O–H groups in total. The molecule has 5 heteroatoms. The van der Waals surface area contributed by atoms with Crippen molar-refractivity contribution >= 4 is 53.7 Å². The van der Waals surface area contributed by atoms with E-state index in [1.54, 1.807) is 0 Å². The summed E-state index contributed by atoms with van der Waals surface area (Å²) in [6.07, 6.45) is 0. The van der Waals surface area contributed by atoms with Gasteiger partial charge >= 0.3 is 37.7 Å². The van der Waals surface area contributed by atoms with Gasteiger partial charge in [0, 0.05) is 0 Å². The predicted molar refractivity (Wildman–Crippen MR) is 23.8 cm³/mol. The van der Waals surface area contributed by atoms with Crippen LogP contribution in [0.1, 0.15) is 0 Å². The SMILES string of the molecule is O=[C-]O.[Ca+2].[O-]P. The van der Waals surface area contributed by atoms with E-state index in [1.165, 1.54) is 9.47 Å². The fourth-order valence-corrected chi connectivity index (χ4v) is 0. The van der Waals surface area contributed by atoms with E-state index in [0.29, 0.717) is 6.47 Å². The molecule has 0 spiro atoms. The maximum atomic E-state index is 8.24. The molecule has 6 heavy (non-hydrogen) atoms. The van der Waals surface area contributed by atoms with Crippen molar-refractivity contribution in [2.45, 2.75) is 0 Å². The van der Waals surface area contributed by atoms with Gasteiger partial charge in [-0.3, -0.25) is 0 Å². The van der Waals surface area contributed by atoms with Gasteiger partial charge in [-0.05, 0) is 0 Å². The second-order valence-electron chi connectivity index (χ2n) is 0.0913. The molecular weight excluding hydrogens is 131 g/mol. The minimum absolute atomic E-state index is 0. The van der Waals surface area contributed by atoms with Gasteiger partial charge in [-0.2, -0.15) is 0 Å². The van der Waals surface area contributed by atoms with Crippen molar-refractivity contribution in [2.75, 3.05) is 0 Å². The zero-order valence-electron chi connectivity index (χ0n) is 3.05. The van der Waals surface area contributed by atoms with Crippen molar-refractivity contribution in [1.82, 2.24) is 0 Å². The van der Waals surface area contributed by atoms with Gasteiger partial charge in [0.15, 0.2) is 0 Å². The Morgan fingerprint density at radius 3 is 1.67 bits per heavy atom. The summed E-state index contributed by atoms with van der Waals surface area (Å²) in [6.45, 7) is 0.500. The fraction of sp³-hybridized carbons (Fsp3) is 0. The summed E-state index contributed by atoms with van der Waals surface area (Å²) in [5, 5.41) is 6.76. The van der Waals surface area contributed by atoms with Gasteiger partial charge < -0.3 is 14.8 Å². The van der Waals surface area contributed by atoms with E-state index >= 15 is 0 Å². The van der Waals surface area contributed by atoms with Gasteiger partial charge in [-0.25, -0.2) is 9.47 Å². The van der Waals surface area contributed by atoms with Crippen LogP contribution in [-0.4, -0.2) is 49.3 Å². The molecule has 0 saturated heterocycles. The molecule has 0 aliphatic rings. The molecule has 0 bridgehead atoms. The first-order chi connectivity index (χ1) is 2.41. The first kappa shape index (κ1) is 15.7. The van der Waals surface area contributed by atoms with Crippen molar-refractivity contribution in [3.8, 4) is 0 Å². The van der Waals surface area contributed by atoms with Crippen LogP contribution in [0.5, 0.6) is 0 Å². The van der Waals surface area contributed by atoms with Crippen LogP contribution in [0.4, 0.5) is 0 Å². The Balaban J connectivity index is -0.0000000275. The van der Waals surface area contributed by atoms with Crippen molar-refractivity contribution in [2.24, 2.45) is 0 Å². The van der Waals surface area contributed by atoms with E-state index in [1.807, 2.05) is 0 Å². The molecular formula is CH3CaO3P. The summed E-state index contributed by atoms with van der Waals surface area (Å²) in [6, 6.07) is 0. The van der Waals surface area contributed by atoms with Crippen molar-refractivity contribution < 1.29 is 14.8 Å². The first-order valence-corrected chi connectivity index (χ1v) is 1.13. The molecule has 0 heterocycles. The van der Waals surface area contributed by atoms with Crippen LogP contribution >= 0.6 is 9.47 Å². The van der Waals surface area contributed by atoms with Gasteiger partial charge in [0.2, 0.25) is 0 Å². The van der Waals surface area contributed by atoms with Crippen LogP contribution in [0.15, 0.2) is 0 Å². The van der Waals surface area contributed by atoms with Crippen LogP contribution < -0.4 is 4.89 Å². The van der Waals surface area contributed by atoms with Crippen molar-refractivity contribution in [1.29, 1.82) is 0 Å². The number of aliphatic hydroxyl groups excluding tert-OH is 1. The molecule has 1 atom stereocenters. The third-order valence-corrected chi connectivity index (χ3v) is 0. The Morgan fingerprint density at radius 2 is 1.67 bits per heavy atom. The summed E-state index contributed by atoms with van der Waals surface area (Å²) >= 11 is 0. The van der Waals surface area contributed by atoms with E-state index in [-0.39, 0.29) is 37.7 Å². The monoisotopic (exact) mass is 134 g/mol. The second kappa shape index (κ2) is 35.7. The van der Waals surface area contributed by atoms with Gasteiger partial charge in [0.1, 0.15) is 0 Å². The smallest absolute Gasteiger partial charge is 0.834 e. The van der Waals surface area contributed by atoms with Crippen LogP contribution in [0.3, 0.4) is 0 Å². The summed E-state index contributed by atoms with van der Waals surface area (Å²) in [7, 11) is 1.17. The van der Waals surface area contributed by atoms with Crippen LogP contribution in [0, 0.1) is 0 Å². The molecule has 1 unspecified atom stereocenters. The number of hydrogen-bond acceptors (Lipinski definition) is 2. The molecule has 0 aliphatic carbocycles. The summed E-state index contributed by atoms with van der Waals surface area (Å²) in [5.74, 6) is 0. The van der Waals surface area contributed by atoms with E-state index in [9.17, 15) is 0 Å². The van der Waals surface area contributed by atoms with Crippen LogP contribution in [0.2, 0.25) is 0 Å². The summed E-state index contributed by atoms with van der Waals surface area (Å²) in [5.41, 5.74) is 0. The Bertz CT molecular complexity index is 18.3. The zero-order chi connectivity index (χ0) is 4.71. The Hall–Kier alpha value is 1.12. The molecule has 0 radical (unpaired) electrons. The minimum Gasteiger partial charge on any atom is -0.834 e. The number of hydrogen-bond donors (Lipinski definition) is 1. The predicted octanol–water partition coefficient (Wildman–Crippen LogP) is -1.63. The van der Waals surface area contributed by atoms with Crippen LogP contribution in [-0.2, 0) is 4.79 Å². The topological polar surface area (TPSA) is 60.4 Å². The third-order valence-electron chi connectivity index (χ3n) is 0. The van der Waals surface area contributed by atoms with Crippen LogP contribution in [0.25, 0.3) is 0 Å². The van der Waals surface area contributed by atoms with Gasteiger partial charge in [-0.15, -0.1) is 0 Å². The molecule has 32 valence electrons. The van der Waals surface area contributed by atoms with Crippen molar-refractivity contribution in [3.05, 3.63) is 0 Å². The van der Waals surface area contributed by atoms with E-state index in [2.05, 4.69) is 0 Å². The fourth-order valence-electron chi connectivity index (χ4n) is 0. The average molecular weight is 134 g/mol. The molecule has 0 aliphatic heterocycles. The van der Waals surface area contributed by atoms with Gasteiger partial charge in [0.05, 0.1) is 0 Å². The maximum Gasteiger partial charge on any atom is 2.00 e. The molecule has 3 nitrogen and oxygen atoms in total. The Kier molecular flexibility index (Phi) is 93.5. The maximum absolute atomic E-state index is 8.24. The Morgan fingerprint density at radius 1 is 1.67 bits per heavy atom. The molecule has 0 saturated carbocycles. The minimum atomic E-state index is 0. The molecule has 0 amide bonds. The summed E-state index contributed by atoms with van der Waals surface area (Å²) in [4.78, 5) is 16.4. The van der Waals surface area contributed by atoms with E-state index < -0.39 is 0 Å². The first-order valence-electron chi connectivity index (χ1n) is 0.663. The van der Waals surface area contributed by atoms with E-state index in [4.69, 9.17) is 14.8 Å². The largest absolute Gasteiger partial charge is 2.00 e. The molecule has 0 rings (SSSR count). The van der Waals surface area contributed by atoms with Gasteiger partial charge in [0.25, 0.3) is 0 Å². The molecule has 0 aromatic heterocycles. The van der Waals surface area contributed by atoms with Crippen molar-refractivity contribution in [3.63, 3.8) is 0 Å². The average Bonchev–Trinajstić information content (AvgIpc) is 1.46. The zero-order valence-corrected chi connectivity index (χ0v) is 6.41.